The first-order valence-electron chi connectivity index (χ1n) is 6.60. The molecule has 2 rings (SSSR count). The van der Waals surface area contributed by atoms with E-state index in [4.69, 9.17) is 21.4 Å². The molecule has 0 fully saturated rings. The van der Waals surface area contributed by atoms with Crippen molar-refractivity contribution in [3.05, 3.63) is 63.2 Å². The van der Waals surface area contributed by atoms with E-state index < -0.39 is 4.92 Å². The van der Waals surface area contributed by atoms with Gasteiger partial charge in [0.1, 0.15) is 18.0 Å². The Morgan fingerprint density at radius 2 is 1.95 bits per heavy atom. The Morgan fingerprint density at radius 1 is 1.23 bits per heavy atom. The fourth-order valence-electron chi connectivity index (χ4n) is 1.87. The molecule has 0 spiro atoms. The maximum Gasteiger partial charge on any atom is 0.292 e. The van der Waals surface area contributed by atoms with Crippen molar-refractivity contribution < 1.29 is 14.8 Å². The highest BCUT2D eigenvalue weighted by Gasteiger charge is 2.14. The number of nitro groups is 1. The van der Waals surface area contributed by atoms with Crippen LogP contribution in [0.25, 0.3) is 0 Å². The number of halogens is 1. The minimum absolute atomic E-state index is 0.0367. The topological polar surface area (TPSA) is 84.6 Å². The van der Waals surface area contributed by atoms with Crippen LogP contribution in [-0.4, -0.2) is 23.2 Å². The third kappa shape index (κ3) is 4.34. The molecule has 2 N–H and O–H groups in total. The number of nitrogens with zero attached hydrogens (tertiary/aromatic N) is 1. The van der Waals surface area contributed by atoms with Gasteiger partial charge in [-0.1, -0.05) is 23.7 Å². The Bertz CT molecular complexity index is 646. The van der Waals surface area contributed by atoms with Crippen LogP contribution in [0, 0.1) is 10.1 Å². The van der Waals surface area contributed by atoms with E-state index in [1.165, 1.54) is 12.1 Å². The first kappa shape index (κ1) is 16.1. The molecular formula is C15H15ClN2O4. The third-order valence-electron chi connectivity index (χ3n) is 2.92. The van der Waals surface area contributed by atoms with Crippen LogP contribution in [-0.2, 0) is 6.54 Å². The Morgan fingerprint density at radius 3 is 2.59 bits per heavy atom. The summed E-state index contributed by atoms with van der Waals surface area (Å²) in [6.45, 7) is 0.431. The molecule has 0 atom stereocenters. The summed E-state index contributed by atoms with van der Waals surface area (Å²) in [6, 6.07) is 11.6. The van der Waals surface area contributed by atoms with E-state index >= 15 is 0 Å². The number of aliphatic hydroxyl groups is 1. The van der Waals surface area contributed by atoms with Gasteiger partial charge in [-0.2, -0.15) is 0 Å². The van der Waals surface area contributed by atoms with Crippen LogP contribution in [0.2, 0.25) is 5.02 Å². The highest BCUT2D eigenvalue weighted by Crippen LogP contribution is 2.29. The maximum atomic E-state index is 11.1. The summed E-state index contributed by atoms with van der Waals surface area (Å²) in [5.74, 6) is 0.457. The molecule has 2 aromatic carbocycles. The molecule has 0 bridgehead atoms. The van der Waals surface area contributed by atoms with Crippen LogP contribution in [0.5, 0.6) is 5.75 Å². The Labute approximate surface area is 132 Å². The standard InChI is InChI=1S/C15H15ClN2O4/c16-12-3-1-11(2-4-12)10-17-14-9-13(22-8-7-19)5-6-15(14)18(20)21/h1-6,9,17,19H,7-8,10H2. The summed E-state index contributed by atoms with van der Waals surface area (Å²) in [6.07, 6.45) is 0. The molecule has 0 heterocycles. The van der Waals surface area contributed by atoms with Gasteiger partial charge in [-0.3, -0.25) is 10.1 Å². The highest BCUT2D eigenvalue weighted by molar-refractivity contribution is 6.30. The maximum absolute atomic E-state index is 11.1. The van der Waals surface area contributed by atoms with E-state index in [1.54, 1.807) is 18.2 Å². The Balaban J connectivity index is 2.15. The molecule has 0 aliphatic rings. The monoisotopic (exact) mass is 322 g/mol. The Hall–Kier alpha value is -2.31. The summed E-state index contributed by atoms with van der Waals surface area (Å²) >= 11 is 5.82. The SMILES string of the molecule is O=[N+]([O-])c1ccc(OCCO)cc1NCc1ccc(Cl)cc1. The van der Waals surface area contributed by atoms with Gasteiger partial charge in [0.05, 0.1) is 11.5 Å². The lowest BCUT2D eigenvalue weighted by Gasteiger charge is -2.10. The molecule has 116 valence electrons. The average Bonchev–Trinajstić information content (AvgIpc) is 2.52. The molecule has 0 saturated heterocycles. The van der Waals surface area contributed by atoms with Crippen LogP contribution in [0.1, 0.15) is 5.56 Å². The fourth-order valence-corrected chi connectivity index (χ4v) is 1.99. The van der Waals surface area contributed by atoms with Crippen LogP contribution >= 0.6 is 11.6 Å². The van der Waals surface area contributed by atoms with Crippen molar-refractivity contribution in [2.24, 2.45) is 0 Å². The van der Waals surface area contributed by atoms with Crippen LogP contribution in [0.3, 0.4) is 0 Å². The number of hydrogen-bond acceptors (Lipinski definition) is 5. The van der Waals surface area contributed by atoms with E-state index in [0.717, 1.165) is 5.56 Å². The number of rotatable bonds is 7. The number of nitrogens with one attached hydrogen (secondary N) is 1. The van der Waals surface area contributed by atoms with Crippen molar-refractivity contribution in [3.63, 3.8) is 0 Å². The van der Waals surface area contributed by atoms with E-state index in [2.05, 4.69) is 5.32 Å². The minimum Gasteiger partial charge on any atom is -0.491 e. The van der Waals surface area contributed by atoms with Gasteiger partial charge in [0.25, 0.3) is 5.69 Å². The minimum atomic E-state index is -0.458. The highest BCUT2D eigenvalue weighted by atomic mass is 35.5. The van der Waals surface area contributed by atoms with Crippen molar-refractivity contribution in [1.82, 2.24) is 0 Å². The summed E-state index contributed by atoms with van der Waals surface area (Å²) in [5.41, 5.74) is 1.26. The second-order valence-corrected chi connectivity index (χ2v) is 4.92. The molecule has 2 aromatic rings. The van der Waals surface area contributed by atoms with Crippen molar-refractivity contribution in [2.75, 3.05) is 18.5 Å². The van der Waals surface area contributed by atoms with E-state index in [0.29, 0.717) is 23.0 Å². The Kier molecular flexibility index (Phi) is 5.57. The molecule has 0 saturated carbocycles. The van der Waals surface area contributed by atoms with Crippen LogP contribution in [0.15, 0.2) is 42.5 Å². The van der Waals surface area contributed by atoms with Gasteiger partial charge in [0.2, 0.25) is 0 Å². The fraction of sp³-hybridized carbons (Fsp3) is 0.200. The lowest BCUT2D eigenvalue weighted by atomic mass is 10.2. The lowest BCUT2D eigenvalue weighted by Crippen LogP contribution is -2.05. The van der Waals surface area contributed by atoms with E-state index in [1.807, 2.05) is 12.1 Å². The van der Waals surface area contributed by atoms with Crippen molar-refractivity contribution >= 4 is 23.0 Å². The van der Waals surface area contributed by atoms with Crippen LogP contribution < -0.4 is 10.1 Å². The molecule has 0 aromatic heterocycles. The summed E-state index contributed by atoms with van der Waals surface area (Å²) < 4.78 is 5.27. The molecule has 0 amide bonds. The lowest BCUT2D eigenvalue weighted by molar-refractivity contribution is -0.384. The molecule has 0 aliphatic heterocycles. The predicted octanol–water partition coefficient (Wildman–Crippen LogP) is 3.23. The summed E-state index contributed by atoms with van der Waals surface area (Å²) in [4.78, 5) is 10.6. The molecule has 7 heteroatoms. The van der Waals surface area contributed by atoms with Gasteiger partial charge in [0.15, 0.2) is 0 Å². The first-order chi connectivity index (χ1) is 10.6. The summed E-state index contributed by atoms with van der Waals surface area (Å²) in [5, 5.41) is 23.5. The zero-order valence-electron chi connectivity index (χ0n) is 11.7. The molecule has 0 unspecified atom stereocenters. The number of benzene rings is 2. The molecule has 6 nitrogen and oxygen atoms in total. The normalized spacial score (nSPS) is 10.3. The van der Waals surface area contributed by atoms with E-state index in [9.17, 15) is 10.1 Å². The van der Waals surface area contributed by atoms with Crippen molar-refractivity contribution in [2.45, 2.75) is 6.54 Å². The van der Waals surface area contributed by atoms with Gasteiger partial charge in [-0.25, -0.2) is 0 Å². The number of anilines is 1. The van der Waals surface area contributed by atoms with Crippen molar-refractivity contribution in [1.29, 1.82) is 0 Å². The average molecular weight is 323 g/mol. The zero-order chi connectivity index (χ0) is 15.9. The number of nitro benzene ring substituents is 1. The molecule has 0 radical (unpaired) electrons. The van der Waals surface area contributed by atoms with Gasteiger partial charge in [-0.15, -0.1) is 0 Å². The smallest absolute Gasteiger partial charge is 0.292 e. The number of aliphatic hydroxyl groups excluding tert-OH is 1. The van der Waals surface area contributed by atoms with Gasteiger partial charge in [0, 0.05) is 23.7 Å². The zero-order valence-corrected chi connectivity index (χ0v) is 12.4. The van der Waals surface area contributed by atoms with Gasteiger partial charge >= 0.3 is 0 Å². The second-order valence-electron chi connectivity index (χ2n) is 4.49. The molecular weight excluding hydrogens is 308 g/mol. The number of ether oxygens (including phenoxy) is 1. The van der Waals surface area contributed by atoms with Gasteiger partial charge in [-0.05, 0) is 23.8 Å². The largest absolute Gasteiger partial charge is 0.491 e. The second kappa shape index (κ2) is 7.63. The predicted molar refractivity (Wildman–Crippen MR) is 84.5 cm³/mol. The van der Waals surface area contributed by atoms with Crippen molar-refractivity contribution in [3.8, 4) is 5.75 Å². The number of hydrogen-bond donors (Lipinski definition) is 2. The quantitative estimate of drug-likeness (QED) is 0.604. The molecule has 0 aliphatic carbocycles. The van der Waals surface area contributed by atoms with Gasteiger partial charge < -0.3 is 15.2 Å². The third-order valence-corrected chi connectivity index (χ3v) is 3.17. The summed E-state index contributed by atoms with van der Waals surface area (Å²) in [7, 11) is 0. The van der Waals surface area contributed by atoms with E-state index in [-0.39, 0.29) is 18.9 Å². The first-order valence-corrected chi connectivity index (χ1v) is 6.98. The molecule has 22 heavy (non-hydrogen) atoms. The van der Waals surface area contributed by atoms with Crippen LogP contribution in [0.4, 0.5) is 11.4 Å².